The summed E-state index contributed by atoms with van der Waals surface area (Å²) in [6.07, 6.45) is 4.80. The number of benzene rings is 2. The first-order valence-corrected chi connectivity index (χ1v) is 11.3. The molecular formula is C22H28N2O3S. The summed E-state index contributed by atoms with van der Waals surface area (Å²) in [4.78, 5) is 12.4. The van der Waals surface area contributed by atoms with Crippen LogP contribution in [-0.2, 0) is 27.7 Å². The molecule has 1 aliphatic carbocycles. The molecule has 0 unspecified atom stereocenters. The minimum Gasteiger partial charge on any atom is -0.350 e. The Morgan fingerprint density at radius 2 is 1.71 bits per heavy atom. The maximum absolute atomic E-state index is 12.3. The Bertz CT molecular complexity index is 937. The van der Waals surface area contributed by atoms with Crippen LogP contribution >= 0.6 is 0 Å². The van der Waals surface area contributed by atoms with Gasteiger partial charge in [-0.15, -0.1) is 0 Å². The van der Waals surface area contributed by atoms with E-state index in [1.54, 1.807) is 24.3 Å². The molecule has 0 aliphatic heterocycles. The van der Waals surface area contributed by atoms with Crippen LogP contribution in [0.3, 0.4) is 0 Å². The summed E-state index contributed by atoms with van der Waals surface area (Å²) in [6, 6.07) is 13.0. The van der Waals surface area contributed by atoms with Crippen LogP contribution in [0.1, 0.15) is 54.5 Å². The number of hydrogen-bond donors (Lipinski definition) is 2. The predicted molar refractivity (Wildman–Crippen MR) is 111 cm³/mol. The van der Waals surface area contributed by atoms with E-state index in [9.17, 15) is 13.2 Å². The quantitative estimate of drug-likeness (QED) is 0.748. The molecule has 1 atom stereocenters. The number of amides is 1. The van der Waals surface area contributed by atoms with Gasteiger partial charge >= 0.3 is 0 Å². The highest BCUT2D eigenvalue weighted by molar-refractivity contribution is 7.89. The molecule has 0 bridgehead atoms. The maximum atomic E-state index is 12.3. The first kappa shape index (κ1) is 20.6. The summed E-state index contributed by atoms with van der Waals surface area (Å²) in [7, 11) is -3.59. The molecule has 2 N–H and O–H groups in total. The van der Waals surface area contributed by atoms with Gasteiger partial charge in [0.1, 0.15) is 0 Å². The molecule has 0 saturated carbocycles. The van der Waals surface area contributed by atoms with Crippen LogP contribution in [-0.4, -0.2) is 20.9 Å². The Hall–Kier alpha value is -2.18. The average Bonchev–Trinajstić information content (AvgIpc) is 2.67. The van der Waals surface area contributed by atoms with Crippen molar-refractivity contribution < 1.29 is 13.2 Å². The fraction of sp³-hybridized carbons (Fsp3) is 0.409. The van der Waals surface area contributed by atoms with Crippen molar-refractivity contribution in [2.24, 2.45) is 0 Å². The van der Waals surface area contributed by atoms with Gasteiger partial charge in [0.05, 0.1) is 10.9 Å². The standard InChI is InChI=1S/C22H28N2O3S/c1-16-7-11-21(12-8-16)28(26,27)23-14-13-22(25)24-17(2)19-10-9-18-5-3-4-6-20(18)15-19/h7-12,15,17,23H,3-6,13-14H2,1-2H3,(H,24,25)/t17-/m1/s1. The van der Waals surface area contributed by atoms with Crippen LogP contribution in [0.2, 0.25) is 0 Å². The third kappa shape index (κ3) is 5.20. The first-order valence-electron chi connectivity index (χ1n) is 9.82. The molecule has 3 rings (SSSR count). The summed E-state index contributed by atoms with van der Waals surface area (Å²) < 4.78 is 27.0. The predicted octanol–water partition coefficient (Wildman–Crippen LogP) is 3.42. The van der Waals surface area contributed by atoms with E-state index in [1.807, 2.05) is 13.8 Å². The molecule has 0 heterocycles. The highest BCUT2D eigenvalue weighted by Crippen LogP contribution is 2.24. The smallest absolute Gasteiger partial charge is 0.240 e. The Morgan fingerprint density at radius 1 is 1.04 bits per heavy atom. The fourth-order valence-corrected chi connectivity index (χ4v) is 4.55. The summed E-state index contributed by atoms with van der Waals surface area (Å²) in [6.45, 7) is 3.93. The molecule has 28 heavy (non-hydrogen) atoms. The van der Waals surface area contributed by atoms with Crippen LogP contribution in [0.15, 0.2) is 47.4 Å². The number of rotatable bonds is 7. The molecule has 2 aromatic rings. The van der Waals surface area contributed by atoms with Crippen LogP contribution in [0, 0.1) is 6.92 Å². The van der Waals surface area contributed by atoms with Gasteiger partial charge in [-0.3, -0.25) is 4.79 Å². The first-order chi connectivity index (χ1) is 13.3. The summed E-state index contributed by atoms with van der Waals surface area (Å²) >= 11 is 0. The zero-order valence-corrected chi connectivity index (χ0v) is 17.3. The minimum absolute atomic E-state index is 0.0684. The van der Waals surface area contributed by atoms with Crippen LogP contribution in [0.5, 0.6) is 0 Å². The van der Waals surface area contributed by atoms with Crippen LogP contribution in [0.25, 0.3) is 0 Å². The monoisotopic (exact) mass is 400 g/mol. The van der Waals surface area contributed by atoms with E-state index in [0.29, 0.717) is 0 Å². The minimum atomic E-state index is -3.59. The molecule has 1 aliphatic rings. The third-order valence-electron chi connectivity index (χ3n) is 5.23. The van der Waals surface area contributed by atoms with Gasteiger partial charge in [0.2, 0.25) is 15.9 Å². The van der Waals surface area contributed by atoms with E-state index in [0.717, 1.165) is 24.0 Å². The van der Waals surface area contributed by atoms with E-state index in [-0.39, 0.29) is 29.8 Å². The zero-order chi connectivity index (χ0) is 20.1. The third-order valence-corrected chi connectivity index (χ3v) is 6.70. The van der Waals surface area contributed by atoms with E-state index in [2.05, 4.69) is 28.2 Å². The van der Waals surface area contributed by atoms with Gasteiger partial charge in [0, 0.05) is 13.0 Å². The largest absolute Gasteiger partial charge is 0.350 e. The molecule has 2 aromatic carbocycles. The number of sulfonamides is 1. The second-order valence-electron chi connectivity index (χ2n) is 7.49. The van der Waals surface area contributed by atoms with Crippen LogP contribution < -0.4 is 10.0 Å². The fourth-order valence-electron chi connectivity index (χ4n) is 3.52. The van der Waals surface area contributed by atoms with Gasteiger partial charge in [-0.25, -0.2) is 13.1 Å². The van der Waals surface area contributed by atoms with Crippen molar-refractivity contribution in [1.82, 2.24) is 10.0 Å². The van der Waals surface area contributed by atoms with Gasteiger partial charge in [-0.05, 0) is 68.4 Å². The molecule has 6 heteroatoms. The van der Waals surface area contributed by atoms with Crippen molar-refractivity contribution in [3.05, 3.63) is 64.7 Å². The Labute approximate surface area is 167 Å². The van der Waals surface area contributed by atoms with Gasteiger partial charge in [-0.2, -0.15) is 0 Å². The average molecular weight is 401 g/mol. The lowest BCUT2D eigenvalue weighted by Crippen LogP contribution is -2.32. The Morgan fingerprint density at radius 3 is 2.43 bits per heavy atom. The van der Waals surface area contributed by atoms with E-state index >= 15 is 0 Å². The molecule has 1 amide bonds. The SMILES string of the molecule is Cc1ccc(S(=O)(=O)NCCC(=O)N[C@H](C)c2ccc3c(c2)CCCC3)cc1. The maximum Gasteiger partial charge on any atom is 0.240 e. The second-order valence-corrected chi connectivity index (χ2v) is 9.25. The van der Waals surface area contributed by atoms with Crippen molar-refractivity contribution in [3.63, 3.8) is 0 Å². The molecule has 150 valence electrons. The van der Waals surface area contributed by atoms with E-state index in [1.165, 1.54) is 24.0 Å². The van der Waals surface area contributed by atoms with Gasteiger partial charge in [-0.1, -0.05) is 35.9 Å². The highest BCUT2D eigenvalue weighted by atomic mass is 32.2. The lowest BCUT2D eigenvalue weighted by Gasteiger charge is -2.20. The molecule has 0 spiro atoms. The lowest BCUT2D eigenvalue weighted by molar-refractivity contribution is -0.121. The van der Waals surface area contributed by atoms with Crippen molar-refractivity contribution in [1.29, 1.82) is 0 Å². The van der Waals surface area contributed by atoms with Crippen molar-refractivity contribution in [2.75, 3.05) is 6.54 Å². The van der Waals surface area contributed by atoms with Gasteiger partial charge in [0.25, 0.3) is 0 Å². The summed E-state index contributed by atoms with van der Waals surface area (Å²) in [5.74, 6) is -0.170. The Kier molecular flexibility index (Phi) is 6.52. The van der Waals surface area contributed by atoms with Crippen molar-refractivity contribution in [2.45, 2.75) is 56.9 Å². The molecule has 5 nitrogen and oxygen atoms in total. The molecule has 0 aromatic heterocycles. The molecular weight excluding hydrogens is 372 g/mol. The molecule has 0 fully saturated rings. The van der Waals surface area contributed by atoms with Gasteiger partial charge < -0.3 is 5.32 Å². The number of hydrogen-bond acceptors (Lipinski definition) is 3. The number of fused-ring (bicyclic) bond motifs is 1. The number of carbonyl (C=O) groups excluding carboxylic acids is 1. The van der Waals surface area contributed by atoms with Crippen LogP contribution in [0.4, 0.5) is 0 Å². The number of nitrogens with one attached hydrogen (secondary N) is 2. The zero-order valence-electron chi connectivity index (χ0n) is 16.5. The van der Waals surface area contributed by atoms with Crippen molar-refractivity contribution >= 4 is 15.9 Å². The molecule has 0 radical (unpaired) electrons. The van der Waals surface area contributed by atoms with Crippen molar-refractivity contribution in [3.8, 4) is 0 Å². The van der Waals surface area contributed by atoms with E-state index < -0.39 is 10.0 Å². The summed E-state index contributed by atoms with van der Waals surface area (Å²) in [5, 5.41) is 2.96. The topological polar surface area (TPSA) is 75.3 Å². The summed E-state index contributed by atoms with van der Waals surface area (Å²) in [5.41, 5.74) is 4.89. The van der Waals surface area contributed by atoms with Gasteiger partial charge in [0.15, 0.2) is 0 Å². The normalized spacial score (nSPS) is 14.9. The second kappa shape index (κ2) is 8.88. The lowest BCUT2D eigenvalue weighted by atomic mass is 9.89. The Balaban J connectivity index is 1.50. The highest BCUT2D eigenvalue weighted by Gasteiger charge is 2.16. The number of carbonyl (C=O) groups is 1. The van der Waals surface area contributed by atoms with E-state index in [4.69, 9.17) is 0 Å². The molecule has 0 saturated heterocycles. The number of aryl methyl sites for hydroxylation is 3.